The highest BCUT2D eigenvalue weighted by molar-refractivity contribution is 7.91. The Morgan fingerprint density at radius 1 is 1.58 bits per heavy atom. The van der Waals surface area contributed by atoms with Crippen LogP contribution in [0.1, 0.15) is 13.3 Å². The lowest BCUT2D eigenvalue weighted by atomic mass is 10.2. The van der Waals surface area contributed by atoms with E-state index in [0.717, 1.165) is 6.42 Å². The van der Waals surface area contributed by atoms with Crippen molar-refractivity contribution in [3.05, 3.63) is 0 Å². The summed E-state index contributed by atoms with van der Waals surface area (Å²) in [5.41, 5.74) is 10.8. The first-order valence-corrected chi connectivity index (χ1v) is 5.95. The van der Waals surface area contributed by atoms with Crippen LogP contribution in [0.5, 0.6) is 0 Å². The Kier molecular flexibility index (Phi) is 2.47. The third kappa shape index (κ3) is 1.97. The first-order chi connectivity index (χ1) is 5.43. The summed E-state index contributed by atoms with van der Waals surface area (Å²) in [6.07, 6.45) is 0.753. The van der Waals surface area contributed by atoms with Crippen LogP contribution in [0.15, 0.2) is 0 Å². The molecule has 0 aromatic carbocycles. The van der Waals surface area contributed by atoms with E-state index in [0.29, 0.717) is 6.54 Å². The highest BCUT2D eigenvalue weighted by Gasteiger charge is 2.51. The molecule has 1 saturated carbocycles. The molecule has 0 bridgehead atoms. The minimum Gasteiger partial charge on any atom is -0.329 e. The van der Waals surface area contributed by atoms with Gasteiger partial charge in [-0.2, -0.15) is 0 Å². The molecule has 1 rings (SSSR count). The van der Waals surface area contributed by atoms with Crippen LogP contribution >= 0.6 is 0 Å². The monoisotopic (exact) mass is 192 g/mol. The fourth-order valence-electron chi connectivity index (χ4n) is 1.30. The summed E-state index contributed by atoms with van der Waals surface area (Å²) in [5.74, 6) is 0.494. The number of hydrogen-bond acceptors (Lipinski definition) is 4. The molecule has 0 aliphatic heterocycles. The van der Waals surface area contributed by atoms with Gasteiger partial charge in [0.2, 0.25) is 0 Å². The zero-order valence-electron chi connectivity index (χ0n) is 7.29. The van der Waals surface area contributed by atoms with Gasteiger partial charge in [0.05, 0.1) is 5.75 Å². The Labute approximate surface area is 73.2 Å². The molecule has 4 nitrogen and oxygen atoms in total. The maximum atomic E-state index is 11.2. The summed E-state index contributed by atoms with van der Waals surface area (Å²) in [5, 5.41) is 0. The molecule has 0 radical (unpaired) electrons. The van der Waals surface area contributed by atoms with Crippen molar-refractivity contribution in [2.75, 3.05) is 18.1 Å². The van der Waals surface area contributed by atoms with Gasteiger partial charge in [-0.05, 0) is 12.3 Å². The molecule has 0 unspecified atom stereocenters. The Bertz CT molecular complexity index is 263. The fraction of sp³-hybridized carbons (Fsp3) is 1.00. The van der Waals surface area contributed by atoms with Crippen LogP contribution in [-0.4, -0.2) is 32.0 Å². The van der Waals surface area contributed by atoms with Crippen LogP contribution in [0, 0.1) is 5.92 Å². The smallest absolute Gasteiger partial charge is 0.150 e. The van der Waals surface area contributed by atoms with Crippen LogP contribution in [0.3, 0.4) is 0 Å². The largest absolute Gasteiger partial charge is 0.329 e. The molecule has 2 atom stereocenters. The molecule has 72 valence electrons. The Morgan fingerprint density at radius 2 is 2.17 bits per heavy atom. The van der Waals surface area contributed by atoms with Gasteiger partial charge in [-0.1, -0.05) is 6.92 Å². The predicted octanol–water partition coefficient (Wildman–Crippen LogP) is -0.903. The maximum absolute atomic E-state index is 11.2. The quantitative estimate of drug-likeness (QED) is 0.604. The van der Waals surface area contributed by atoms with E-state index in [9.17, 15) is 8.42 Å². The molecule has 5 heteroatoms. The Morgan fingerprint density at radius 3 is 2.50 bits per heavy atom. The summed E-state index contributed by atoms with van der Waals surface area (Å²) in [6, 6.07) is 0. The van der Waals surface area contributed by atoms with Crippen molar-refractivity contribution in [1.29, 1.82) is 0 Å². The number of sulfone groups is 1. The van der Waals surface area contributed by atoms with Gasteiger partial charge in [-0.25, -0.2) is 8.42 Å². The molecule has 0 saturated heterocycles. The van der Waals surface area contributed by atoms with E-state index in [1.807, 2.05) is 0 Å². The first kappa shape index (κ1) is 9.95. The second-order valence-electron chi connectivity index (χ2n) is 3.54. The topological polar surface area (TPSA) is 86.2 Å². The lowest BCUT2D eigenvalue weighted by Gasteiger charge is -2.06. The van der Waals surface area contributed by atoms with Gasteiger partial charge in [0.15, 0.2) is 0 Å². The van der Waals surface area contributed by atoms with Crippen LogP contribution in [0.2, 0.25) is 0 Å². The molecule has 0 amide bonds. The van der Waals surface area contributed by atoms with Crippen LogP contribution in [0.25, 0.3) is 0 Å². The molecular weight excluding hydrogens is 176 g/mol. The molecule has 0 spiro atoms. The van der Waals surface area contributed by atoms with E-state index in [-0.39, 0.29) is 23.0 Å². The second-order valence-corrected chi connectivity index (χ2v) is 5.94. The van der Waals surface area contributed by atoms with Crippen LogP contribution in [-0.2, 0) is 9.84 Å². The Hall–Kier alpha value is -0.130. The SMILES string of the molecule is CCS(=O)(=O)C[C@@H]1C[C@]1(N)CN. The molecule has 4 N–H and O–H groups in total. The van der Waals surface area contributed by atoms with Gasteiger partial charge >= 0.3 is 0 Å². The lowest BCUT2D eigenvalue weighted by Crippen LogP contribution is -2.36. The number of hydrogen-bond donors (Lipinski definition) is 2. The summed E-state index contributed by atoms with van der Waals surface area (Å²) in [6.45, 7) is 2.04. The van der Waals surface area contributed by atoms with Crippen molar-refractivity contribution in [3.8, 4) is 0 Å². The van der Waals surface area contributed by atoms with Crippen molar-refractivity contribution >= 4 is 9.84 Å². The highest BCUT2D eigenvalue weighted by Crippen LogP contribution is 2.40. The van der Waals surface area contributed by atoms with Gasteiger partial charge in [0.1, 0.15) is 9.84 Å². The normalized spacial score (nSPS) is 35.1. The average molecular weight is 192 g/mol. The van der Waals surface area contributed by atoms with E-state index >= 15 is 0 Å². The zero-order valence-corrected chi connectivity index (χ0v) is 8.10. The van der Waals surface area contributed by atoms with Crippen molar-refractivity contribution in [2.24, 2.45) is 17.4 Å². The molecule has 1 aliphatic carbocycles. The standard InChI is InChI=1S/C7H16N2O2S/c1-2-12(10,11)4-6-3-7(6,9)5-8/h6H,2-5,8-9H2,1H3/t6-,7-/m0/s1. The van der Waals surface area contributed by atoms with Gasteiger partial charge < -0.3 is 11.5 Å². The molecular formula is C7H16N2O2S. The molecule has 0 aromatic rings. The summed E-state index contributed by atoms with van der Waals surface area (Å²) in [7, 11) is -2.87. The average Bonchev–Trinajstić information content (AvgIpc) is 2.62. The van der Waals surface area contributed by atoms with E-state index in [1.54, 1.807) is 6.92 Å². The summed E-state index contributed by atoms with van der Waals surface area (Å²) < 4.78 is 22.3. The molecule has 0 aromatic heterocycles. The predicted molar refractivity (Wildman–Crippen MR) is 48.4 cm³/mol. The van der Waals surface area contributed by atoms with Crippen molar-refractivity contribution in [2.45, 2.75) is 18.9 Å². The van der Waals surface area contributed by atoms with Crippen molar-refractivity contribution in [3.63, 3.8) is 0 Å². The first-order valence-electron chi connectivity index (χ1n) is 4.13. The third-order valence-electron chi connectivity index (χ3n) is 2.55. The second kappa shape index (κ2) is 2.97. The van der Waals surface area contributed by atoms with Crippen molar-refractivity contribution < 1.29 is 8.42 Å². The lowest BCUT2D eigenvalue weighted by molar-refractivity contribution is 0.580. The van der Waals surface area contributed by atoms with E-state index in [1.165, 1.54) is 0 Å². The zero-order chi connectivity index (χ0) is 9.41. The number of rotatable bonds is 4. The van der Waals surface area contributed by atoms with Gasteiger partial charge in [0, 0.05) is 17.8 Å². The van der Waals surface area contributed by atoms with E-state index in [4.69, 9.17) is 11.5 Å². The Balaban J connectivity index is 2.48. The minimum absolute atomic E-state index is 0.0902. The maximum Gasteiger partial charge on any atom is 0.150 e. The minimum atomic E-state index is -2.87. The summed E-state index contributed by atoms with van der Waals surface area (Å²) in [4.78, 5) is 0. The van der Waals surface area contributed by atoms with Gasteiger partial charge in [0.25, 0.3) is 0 Å². The molecule has 12 heavy (non-hydrogen) atoms. The highest BCUT2D eigenvalue weighted by atomic mass is 32.2. The summed E-state index contributed by atoms with van der Waals surface area (Å²) >= 11 is 0. The van der Waals surface area contributed by atoms with Gasteiger partial charge in [-0.15, -0.1) is 0 Å². The van der Waals surface area contributed by atoms with Crippen molar-refractivity contribution in [1.82, 2.24) is 0 Å². The molecule has 1 fully saturated rings. The third-order valence-corrected chi connectivity index (χ3v) is 4.34. The number of nitrogens with two attached hydrogens (primary N) is 2. The van der Waals surface area contributed by atoms with E-state index < -0.39 is 9.84 Å². The van der Waals surface area contributed by atoms with Gasteiger partial charge in [-0.3, -0.25) is 0 Å². The van der Waals surface area contributed by atoms with E-state index in [2.05, 4.69) is 0 Å². The molecule has 1 aliphatic rings. The fourth-order valence-corrected chi connectivity index (χ4v) is 2.60. The van der Waals surface area contributed by atoms with Crippen LogP contribution in [0.4, 0.5) is 0 Å². The van der Waals surface area contributed by atoms with Crippen LogP contribution < -0.4 is 11.5 Å². The molecule has 0 heterocycles.